The van der Waals surface area contributed by atoms with Crippen LogP contribution in [0.5, 0.6) is 11.5 Å². The molecule has 1 aromatic carbocycles. The molecule has 0 aliphatic rings. The van der Waals surface area contributed by atoms with Crippen LogP contribution in [-0.2, 0) is 6.61 Å². The van der Waals surface area contributed by atoms with Crippen LogP contribution in [0.4, 0.5) is 0 Å². The molecule has 0 unspecified atom stereocenters. The highest BCUT2D eigenvalue weighted by Crippen LogP contribution is 2.31. The normalized spacial score (nSPS) is 10.1. The molecule has 0 aliphatic heterocycles. The maximum Gasteiger partial charge on any atom is 0.163 e. The smallest absolute Gasteiger partial charge is 0.163 e. The van der Waals surface area contributed by atoms with E-state index >= 15 is 0 Å². The number of aliphatic hydroxyl groups excluding tert-OH is 1. The number of hydrogen-bond acceptors (Lipinski definition) is 4. The second-order valence-electron chi connectivity index (χ2n) is 3.12. The van der Waals surface area contributed by atoms with Crippen molar-refractivity contribution in [3.05, 3.63) is 23.3 Å². The maximum atomic E-state index is 11.4. The number of methoxy groups -OCH3 is 1. The predicted molar refractivity (Wildman–Crippen MR) is 55.2 cm³/mol. The number of benzene rings is 1. The summed E-state index contributed by atoms with van der Waals surface area (Å²) in [7, 11) is 1.40. The second kappa shape index (κ2) is 4.79. The Balaban J connectivity index is 3.26. The summed E-state index contributed by atoms with van der Waals surface area (Å²) in [6.07, 6.45) is 0.374. The summed E-state index contributed by atoms with van der Waals surface area (Å²) in [5, 5.41) is 18.6. The third-order valence-electron chi connectivity index (χ3n) is 2.19. The van der Waals surface area contributed by atoms with Crippen LogP contribution in [0.3, 0.4) is 0 Å². The average molecular weight is 210 g/mol. The van der Waals surface area contributed by atoms with Gasteiger partial charge in [0.15, 0.2) is 17.3 Å². The molecule has 82 valence electrons. The first-order valence-corrected chi connectivity index (χ1v) is 4.68. The van der Waals surface area contributed by atoms with E-state index < -0.39 is 0 Å². The van der Waals surface area contributed by atoms with Crippen molar-refractivity contribution in [3.8, 4) is 11.5 Å². The van der Waals surface area contributed by atoms with Gasteiger partial charge in [0.25, 0.3) is 0 Å². The van der Waals surface area contributed by atoms with Crippen molar-refractivity contribution in [2.45, 2.75) is 20.0 Å². The van der Waals surface area contributed by atoms with Crippen molar-refractivity contribution in [2.75, 3.05) is 7.11 Å². The fourth-order valence-electron chi connectivity index (χ4n) is 1.31. The van der Waals surface area contributed by atoms with Crippen molar-refractivity contribution < 1.29 is 19.7 Å². The van der Waals surface area contributed by atoms with Gasteiger partial charge in [-0.1, -0.05) is 6.92 Å². The summed E-state index contributed by atoms with van der Waals surface area (Å²) in [6, 6.07) is 2.95. The van der Waals surface area contributed by atoms with Crippen LogP contribution in [0, 0.1) is 0 Å². The van der Waals surface area contributed by atoms with E-state index in [0.717, 1.165) is 0 Å². The van der Waals surface area contributed by atoms with E-state index in [4.69, 9.17) is 9.84 Å². The van der Waals surface area contributed by atoms with Gasteiger partial charge in [0, 0.05) is 17.5 Å². The fourth-order valence-corrected chi connectivity index (χ4v) is 1.31. The van der Waals surface area contributed by atoms with E-state index in [1.165, 1.54) is 19.2 Å². The Labute approximate surface area is 88.1 Å². The number of Topliss-reactive ketones (excluding diaryl/α,β-unsaturated/α-hetero) is 1. The molecule has 15 heavy (non-hydrogen) atoms. The molecular weight excluding hydrogens is 196 g/mol. The molecule has 0 aliphatic carbocycles. The molecule has 0 aromatic heterocycles. The van der Waals surface area contributed by atoms with Gasteiger partial charge in [0.1, 0.15) is 0 Å². The molecule has 0 radical (unpaired) electrons. The topological polar surface area (TPSA) is 66.8 Å². The minimum atomic E-state index is -0.326. The van der Waals surface area contributed by atoms with E-state index in [-0.39, 0.29) is 23.9 Å². The van der Waals surface area contributed by atoms with Crippen molar-refractivity contribution in [1.29, 1.82) is 0 Å². The summed E-state index contributed by atoms with van der Waals surface area (Å²) in [5.74, 6) is 0.0361. The average Bonchev–Trinajstić information content (AvgIpc) is 2.28. The van der Waals surface area contributed by atoms with E-state index in [1.807, 2.05) is 0 Å². The predicted octanol–water partition coefficient (Wildman–Crippen LogP) is 1.49. The molecule has 4 heteroatoms. The van der Waals surface area contributed by atoms with Crippen LogP contribution in [0.1, 0.15) is 29.3 Å². The Bertz CT molecular complexity index is 346. The molecule has 4 nitrogen and oxygen atoms in total. The summed E-state index contributed by atoms with van der Waals surface area (Å²) in [4.78, 5) is 11.4. The maximum absolute atomic E-state index is 11.4. The SMILES string of the molecule is CCC(=O)c1cc(CO)c(O)c(OC)c1. The standard InChI is InChI=1S/C11H14O4/c1-3-9(13)7-4-8(6-12)11(14)10(5-7)15-2/h4-5,12,14H,3,6H2,1-2H3. The Morgan fingerprint density at radius 1 is 1.47 bits per heavy atom. The summed E-state index contributed by atoms with van der Waals surface area (Å²) in [5.41, 5.74) is 0.738. The van der Waals surface area contributed by atoms with Crippen LogP contribution in [-0.4, -0.2) is 23.1 Å². The Morgan fingerprint density at radius 2 is 2.13 bits per heavy atom. The van der Waals surface area contributed by atoms with E-state index in [1.54, 1.807) is 6.92 Å². The number of ether oxygens (including phenoxy) is 1. The minimum Gasteiger partial charge on any atom is -0.504 e. The zero-order chi connectivity index (χ0) is 11.4. The van der Waals surface area contributed by atoms with Gasteiger partial charge < -0.3 is 14.9 Å². The summed E-state index contributed by atoms with van der Waals surface area (Å²) in [6.45, 7) is 1.42. The lowest BCUT2D eigenvalue weighted by atomic mass is 10.0. The van der Waals surface area contributed by atoms with Crippen molar-refractivity contribution in [2.24, 2.45) is 0 Å². The quantitative estimate of drug-likeness (QED) is 0.739. The Kier molecular flexibility index (Phi) is 3.68. The molecule has 0 heterocycles. The molecule has 0 spiro atoms. The molecule has 2 N–H and O–H groups in total. The molecular formula is C11H14O4. The van der Waals surface area contributed by atoms with Crippen LogP contribution in [0.25, 0.3) is 0 Å². The number of rotatable bonds is 4. The highest BCUT2D eigenvalue weighted by Gasteiger charge is 2.13. The molecule has 0 bridgehead atoms. The first-order valence-electron chi connectivity index (χ1n) is 4.68. The third kappa shape index (κ3) is 2.27. The van der Waals surface area contributed by atoms with Gasteiger partial charge in [0.2, 0.25) is 0 Å². The highest BCUT2D eigenvalue weighted by molar-refractivity contribution is 5.96. The van der Waals surface area contributed by atoms with Gasteiger partial charge in [-0.3, -0.25) is 4.79 Å². The largest absolute Gasteiger partial charge is 0.504 e. The zero-order valence-electron chi connectivity index (χ0n) is 8.78. The third-order valence-corrected chi connectivity index (χ3v) is 2.19. The number of carbonyl (C=O) groups excluding carboxylic acids is 1. The monoisotopic (exact) mass is 210 g/mol. The number of phenols is 1. The summed E-state index contributed by atoms with van der Waals surface area (Å²) >= 11 is 0. The van der Waals surface area contributed by atoms with Gasteiger partial charge in [0.05, 0.1) is 13.7 Å². The molecule has 0 atom stereocenters. The lowest BCUT2D eigenvalue weighted by molar-refractivity contribution is 0.0987. The number of aromatic hydroxyl groups is 1. The van der Waals surface area contributed by atoms with Gasteiger partial charge in [-0.2, -0.15) is 0 Å². The number of aliphatic hydroxyl groups is 1. The number of hydrogen-bond donors (Lipinski definition) is 2. The lowest BCUT2D eigenvalue weighted by Gasteiger charge is -2.09. The van der Waals surface area contributed by atoms with Gasteiger partial charge in [-0.15, -0.1) is 0 Å². The fraction of sp³-hybridized carbons (Fsp3) is 0.364. The van der Waals surface area contributed by atoms with Gasteiger partial charge in [-0.05, 0) is 12.1 Å². The minimum absolute atomic E-state index is 0.0528. The number of ketones is 1. The van der Waals surface area contributed by atoms with Crippen LogP contribution in [0.2, 0.25) is 0 Å². The molecule has 0 fully saturated rings. The number of carbonyl (C=O) groups is 1. The lowest BCUT2D eigenvalue weighted by Crippen LogP contribution is -2.00. The first-order chi connectivity index (χ1) is 7.13. The molecule has 1 aromatic rings. The molecule has 0 saturated carbocycles. The van der Waals surface area contributed by atoms with Crippen molar-refractivity contribution >= 4 is 5.78 Å². The van der Waals surface area contributed by atoms with E-state index in [0.29, 0.717) is 17.5 Å². The van der Waals surface area contributed by atoms with Crippen LogP contribution in [0.15, 0.2) is 12.1 Å². The molecule has 1 rings (SSSR count). The van der Waals surface area contributed by atoms with Gasteiger partial charge in [-0.25, -0.2) is 0 Å². The molecule has 0 amide bonds. The molecule has 0 saturated heterocycles. The Morgan fingerprint density at radius 3 is 2.60 bits per heavy atom. The van der Waals surface area contributed by atoms with Gasteiger partial charge >= 0.3 is 0 Å². The van der Waals surface area contributed by atoms with Crippen LogP contribution >= 0.6 is 0 Å². The van der Waals surface area contributed by atoms with E-state index in [2.05, 4.69) is 0 Å². The van der Waals surface area contributed by atoms with E-state index in [9.17, 15) is 9.90 Å². The zero-order valence-corrected chi connectivity index (χ0v) is 8.78. The Hall–Kier alpha value is -1.55. The van der Waals surface area contributed by atoms with Crippen molar-refractivity contribution in [3.63, 3.8) is 0 Å². The second-order valence-corrected chi connectivity index (χ2v) is 3.12. The summed E-state index contributed by atoms with van der Waals surface area (Å²) < 4.78 is 4.91. The van der Waals surface area contributed by atoms with Crippen LogP contribution < -0.4 is 4.74 Å². The van der Waals surface area contributed by atoms with Crippen molar-refractivity contribution in [1.82, 2.24) is 0 Å². The highest BCUT2D eigenvalue weighted by atomic mass is 16.5. The first kappa shape index (κ1) is 11.5.